The highest BCUT2D eigenvalue weighted by Crippen LogP contribution is 2.31. The highest BCUT2D eigenvalue weighted by atomic mass is 35.5. The number of amides is 2. The van der Waals surface area contributed by atoms with Crippen LogP contribution in [0.15, 0.2) is 28.8 Å². The van der Waals surface area contributed by atoms with Crippen molar-refractivity contribution in [3.63, 3.8) is 0 Å². The standard InChI is InChI=1S/C22H25ClN6O3S/c1-13-10-18(28-32-13)25-22(31)14(2)33-12-20(30)24-15-7-8-17(23)16(11-15)21-27-26-19-6-4-3-5-9-29(19)21/h7-8,10-11,14H,3-6,9,12H2,1-2H3,(H,24,30)(H,25,28,31). The van der Waals surface area contributed by atoms with Gasteiger partial charge in [0.2, 0.25) is 11.8 Å². The second kappa shape index (κ2) is 10.4. The Bertz CT molecular complexity index is 1160. The minimum Gasteiger partial charge on any atom is -0.360 e. The number of rotatable bonds is 7. The van der Waals surface area contributed by atoms with Gasteiger partial charge in [-0.1, -0.05) is 23.2 Å². The summed E-state index contributed by atoms with van der Waals surface area (Å²) in [5, 5.41) is 18.1. The van der Waals surface area contributed by atoms with Gasteiger partial charge in [0.05, 0.1) is 16.0 Å². The van der Waals surface area contributed by atoms with Gasteiger partial charge >= 0.3 is 0 Å². The molecular weight excluding hydrogens is 464 g/mol. The van der Waals surface area contributed by atoms with Crippen molar-refractivity contribution < 1.29 is 14.1 Å². The van der Waals surface area contributed by atoms with Gasteiger partial charge in [-0.15, -0.1) is 22.0 Å². The maximum Gasteiger partial charge on any atom is 0.238 e. The molecule has 174 valence electrons. The molecule has 4 rings (SSSR count). The van der Waals surface area contributed by atoms with Crippen LogP contribution >= 0.6 is 23.4 Å². The van der Waals surface area contributed by atoms with E-state index in [9.17, 15) is 9.59 Å². The number of nitrogens with zero attached hydrogens (tertiary/aromatic N) is 4. The monoisotopic (exact) mass is 488 g/mol. The number of hydrogen-bond donors (Lipinski definition) is 2. The Balaban J connectivity index is 1.37. The Morgan fingerprint density at radius 3 is 2.85 bits per heavy atom. The zero-order valence-corrected chi connectivity index (χ0v) is 20.0. The highest BCUT2D eigenvalue weighted by molar-refractivity contribution is 8.01. The number of carbonyl (C=O) groups is 2. The van der Waals surface area contributed by atoms with Gasteiger partial charge in [-0.05, 0) is 44.9 Å². The van der Waals surface area contributed by atoms with E-state index in [0.29, 0.717) is 22.3 Å². The fourth-order valence-electron chi connectivity index (χ4n) is 3.59. The van der Waals surface area contributed by atoms with E-state index in [1.165, 1.54) is 18.2 Å². The summed E-state index contributed by atoms with van der Waals surface area (Å²) in [5.41, 5.74) is 1.35. The third kappa shape index (κ3) is 5.75. The number of carbonyl (C=O) groups excluding carboxylic acids is 2. The van der Waals surface area contributed by atoms with Gasteiger partial charge in [-0.3, -0.25) is 9.59 Å². The summed E-state index contributed by atoms with van der Waals surface area (Å²) in [7, 11) is 0. The third-order valence-electron chi connectivity index (χ3n) is 5.31. The maximum absolute atomic E-state index is 12.5. The molecule has 0 saturated carbocycles. The largest absolute Gasteiger partial charge is 0.360 e. The Morgan fingerprint density at radius 2 is 2.06 bits per heavy atom. The first-order chi connectivity index (χ1) is 15.9. The summed E-state index contributed by atoms with van der Waals surface area (Å²) >= 11 is 7.69. The predicted molar refractivity (Wildman–Crippen MR) is 128 cm³/mol. The fourth-order valence-corrected chi connectivity index (χ4v) is 4.47. The van der Waals surface area contributed by atoms with Gasteiger partial charge in [0.25, 0.3) is 0 Å². The van der Waals surface area contributed by atoms with Crippen molar-refractivity contribution in [2.45, 2.75) is 51.3 Å². The number of nitrogens with one attached hydrogen (secondary N) is 2. The Kier molecular flexibility index (Phi) is 7.34. The van der Waals surface area contributed by atoms with Crippen molar-refractivity contribution in [2.24, 2.45) is 0 Å². The zero-order valence-electron chi connectivity index (χ0n) is 18.4. The molecule has 1 aromatic carbocycles. The summed E-state index contributed by atoms with van der Waals surface area (Å²) in [6.07, 6.45) is 4.25. The van der Waals surface area contributed by atoms with E-state index in [1.807, 2.05) is 6.07 Å². The molecule has 3 heterocycles. The number of aryl methyl sites for hydroxylation is 2. The molecule has 9 nitrogen and oxygen atoms in total. The van der Waals surface area contributed by atoms with Crippen LogP contribution in [0.4, 0.5) is 11.5 Å². The van der Waals surface area contributed by atoms with E-state index in [0.717, 1.165) is 43.0 Å². The molecule has 0 fully saturated rings. The average molecular weight is 489 g/mol. The molecule has 11 heteroatoms. The average Bonchev–Trinajstić information content (AvgIpc) is 3.31. The Labute approximate surface area is 200 Å². The molecule has 0 bridgehead atoms. The lowest BCUT2D eigenvalue weighted by molar-refractivity contribution is -0.115. The van der Waals surface area contributed by atoms with Crippen LogP contribution in [0, 0.1) is 6.92 Å². The van der Waals surface area contributed by atoms with Gasteiger partial charge in [0, 0.05) is 30.3 Å². The number of fused-ring (bicyclic) bond motifs is 1. The summed E-state index contributed by atoms with van der Waals surface area (Å²) in [5.74, 6) is 2.30. The number of thioether (sulfide) groups is 1. The van der Waals surface area contributed by atoms with E-state index in [1.54, 1.807) is 32.0 Å². The molecular formula is C22H25ClN6O3S. The quantitative estimate of drug-likeness (QED) is 0.508. The lowest BCUT2D eigenvalue weighted by atomic mass is 10.1. The number of hydrogen-bond acceptors (Lipinski definition) is 7. The fraction of sp³-hybridized carbons (Fsp3) is 0.409. The second-order valence-electron chi connectivity index (χ2n) is 7.91. The molecule has 0 radical (unpaired) electrons. The molecule has 0 aliphatic carbocycles. The zero-order chi connectivity index (χ0) is 23.4. The lowest BCUT2D eigenvalue weighted by Crippen LogP contribution is -2.25. The molecule has 1 aliphatic heterocycles. The van der Waals surface area contributed by atoms with Crippen molar-refractivity contribution in [3.8, 4) is 11.4 Å². The molecule has 33 heavy (non-hydrogen) atoms. The van der Waals surface area contributed by atoms with Gasteiger partial charge < -0.3 is 19.7 Å². The molecule has 1 aliphatic rings. The normalized spacial score (nSPS) is 14.3. The minimum atomic E-state index is -0.444. The SMILES string of the molecule is Cc1cc(NC(=O)C(C)SCC(=O)Nc2ccc(Cl)c(-c3nnc4n3CCCCC4)c2)no1. The molecule has 1 unspecified atom stereocenters. The molecule has 2 N–H and O–H groups in total. The van der Waals surface area contributed by atoms with Crippen LogP contribution < -0.4 is 10.6 Å². The number of benzene rings is 1. The van der Waals surface area contributed by atoms with Gasteiger partial charge in [-0.2, -0.15) is 0 Å². The van der Waals surface area contributed by atoms with Crippen LogP contribution in [0.3, 0.4) is 0 Å². The van der Waals surface area contributed by atoms with E-state index >= 15 is 0 Å². The Morgan fingerprint density at radius 1 is 1.21 bits per heavy atom. The smallest absolute Gasteiger partial charge is 0.238 e. The van der Waals surface area contributed by atoms with Crippen molar-refractivity contribution in [3.05, 3.63) is 40.9 Å². The van der Waals surface area contributed by atoms with Crippen LogP contribution in [-0.4, -0.2) is 42.7 Å². The Hall–Kier alpha value is -2.85. The third-order valence-corrected chi connectivity index (χ3v) is 6.79. The van der Waals surface area contributed by atoms with Gasteiger partial charge in [0.1, 0.15) is 11.6 Å². The minimum absolute atomic E-state index is 0.116. The highest BCUT2D eigenvalue weighted by Gasteiger charge is 2.20. The van der Waals surface area contributed by atoms with E-state index in [4.69, 9.17) is 16.1 Å². The first-order valence-electron chi connectivity index (χ1n) is 10.8. The number of aromatic nitrogens is 4. The summed E-state index contributed by atoms with van der Waals surface area (Å²) in [6, 6.07) is 6.94. The summed E-state index contributed by atoms with van der Waals surface area (Å²) < 4.78 is 7.05. The van der Waals surface area contributed by atoms with Crippen LogP contribution in [0.1, 0.15) is 37.8 Å². The van der Waals surface area contributed by atoms with Crippen molar-refractivity contribution >= 4 is 46.7 Å². The molecule has 2 amide bonds. The van der Waals surface area contributed by atoms with E-state index in [-0.39, 0.29) is 17.6 Å². The van der Waals surface area contributed by atoms with Crippen LogP contribution in [0.2, 0.25) is 5.02 Å². The van der Waals surface area contributed by atoms with Crippen molar-refractivity contribution in [1.82, 2.24) is 19.9 Å². The van der Waals surface area contributed by atoms with Crippen molar-refractivity contribution in [1.29, 1.82) is 0 Å². The molecule has 3 aromatic rings. The molecule has 1 atom stereocenters. The van der Waals surface area contributed by atoms with Crippen LogP contribution in [-0.2, 0) is 22.6 Å². The maximum atomic E-state index is 12.5. The first-order valence-corrected chi connectivity index (χ1v) is 12.2. The molecule has 0 saturated heterocycles. The van der Waals surface area contributed by atoms with Crippen LogP contribution in [0.5, 0.6) is 0 Å². The summed E-state index contributed by atoms with van der Waals surface area (Å²) in [6.45, 7) is 4.33. The van der Waals surface area contributed by atoms with E-state index < -0.39 is 5.25 Å². The topological polar surface area (TPSA) is 115 Å². The number of anilines is 2. The van der Waals surface area contributed by atoms with Gasteiger partial charge in [-0.25, -0.2) is 0 Å². The first kappa shape index (κ1) is 23.3. The van der Waals surface area contributed by atoms with Crippen LogP contribution in [0.25, 0.3) is 11.4 Å². The second-order valence-corrected chi connectivity index (χ2v) is 9.65. The van der Waals surface area contributed by atoms with Gasteiger partial charge in [0.15, 0.2) is 11.6 Å². The van der Waals surface area contributed by atoms with E-state index in [2.05, 4.69) is 30.6 Å². The number of halogens is 1. The predicted octanol–water partition coefficient (Wildman–Crippen LogP) is 4.32. The lowest BCUT2D eigenvalue weighted by Gasteiger charge is -2.12. The summed E-state index contributed by atoms with van der Waals surface area (Å²) in [4.78, 5) is 24.8. The molecule has 2 aromatic heterocycles. The molecule has 0 spiro atoms. The van der Waals surface area contributed by atoms with Crippen molar-refractivity contribution in [2.75, 3.05) is 16.4 Å².